The number of carbonyl (C=O) groups is 1. The Morgan fingerprint density at radius 1 is 1.00 bits per heavy atom. The Bertz CT molecular complexity index is 971. The first-order chi connectivity index (χ1) is 12.9. The number of carbonyl (C=O) groups excluding carboxylic acids is 1. The first-order valence-electron chi connectivity index (χ1n) is 8.33. The quantitative estimate of drug-likeness (QED) is 0.713. The SMILES string of the molecule is Cc1cccc(CNC(=O)c2cc(Nc3c(F)cccc3F)nc(C)n2)c1. The number of nitrogens with one attached hydrogen (secondary N) is 2. The maximum atomic E-state index is 13.8. The summed E-state index contributed by atoms with van der Waals surface area (Å²) < 4.78 is 27.6. The summed E-state index contributed by atoms with van der Waals surface area (Å²) in [6.07, 6.45) is 0. The summed E-state index contributed by atoms with van der Waals surface area (Å²) in [5.74, 6) is -1.47. The second-order valence-corrected chi connectivity index (χ2v) is 6.08. The molecule has 5 nitrogen and oxygen atoms in total. The molecule has 0 fully saturated rings. The van der Waals surface area contributed by atoms with Gasteiger partial charge in [0, 0.05) is 12.6 Å². The lowest BCUT2D eigenvalue weighted by atomic mass is 10.1. The van der Waals surface area contributed by atoms with E-state index in [2.05, 4.69) is 20.6 Å². The first kappa shape index (κ1) is 18.4. The molecule has 0 aliphatic heterocycles. The Morgan fingerprint density at radius 3 is 2.41 bits per heavy atom. The van der Waals surface area contributed by atoms with E-state index in [1.54, 1.807) is 6.92 Å². The lowest BCUT2D eigenvalue weighted by Gasteiger charge is -2.10. The van der Waals surface area contributed by atoms with Crippen LogP contribution in [0, 0.1) is 25.5 Å². The third kappa shape index (κ3) is 4.63. The number of halogens is 2. The molecule has 2 N–H and O–H groups in total. The topological polar surface area (TPSA) is 66.9 Å². The van der Waals surface area contributed by atoms with Crippen LogP contribution in [-0.4, -0.2) is 15.9 Å². The Morgan fingerprint density at radius 2 is 1.70 bits per heavy atom. The van der Waals surface area contributed by atoms with Crippen molar-refractivity contribution >= 4 is 17.4 Å². The molecule has 0 saturated heterocycles. The fraction of sp³-hybridized carbons (Fsp3) is 0.150. The van der Waals surface area contributed by atoms with Crippen molar-refractivity contribution in [1.29, 1.82) is 0 Å². The number of amides is 1. The smallest absolute Gasteiger partial charge is 0.270 e. The molecule has 0 radical (unpaired) electrons. The maximum Gasteiger partial charge on any atom is 0.270 e. The summed E-state index contributed by atoms with van der Waals surface area (Å²) in [6.45, 7) is 3.91. The Labute approximate surface area is 155 Å². The largest absolute Gasteiger partial charge is 0.347 e. The van der Waals surface area contributed by atoms with Gasteiger partial charge in [-0.1, -0.05) is 35.9 Å². The molecule has 0 spiro atoms. The molecular weight excluding hydrogens is 350 g/mol. The summed E-state index contributed by atoms with van der Waals surface area (Å²) in [7, 11) is 0. The van der Waals surface area contributed by atoms with E-state index < -0.39 is 17.5 Å². The number of para-hydroxylation sites is 1. The number of hydrogen-bond acceptors (Lipinski definition) is 4. The van der Waals surface area contributed by atoms with Gasteiger partial charge in [0.1, 0.15) is 34.7 Å². The zero-order chi connectivity index (χ0) is 19.4. The van der Waals surface area contributed by atoms with E-state index in [0.717, 1.165) is 23.3 Å². The van der Waals surface area contributed by atoms with Crippen LogP contribution in [0.3, 0.4) is 0 Å². The fourth-order valence-electron chi connectivity index (χ4n) is 2.59. The zero-order valence-corrected chi connectivity index (χ0v) is 14.9. The highest BCUT2D eigenvalue weighted by atomic mass is 19.1. The third-order valence-corrected chi connectivity index (χ3v) is 3.82. The second-order valence-electron chi connectivity index (χ2n) is 6.08. The Hall–Kier alpha value is -3.35. The summed E-state index contributed by atoms with van der Waals surface area (Å²) in [5, 5.41) is 5.36. The Balaban J connectivity index is 1.77. The van der Waals surface area contributed by atoms with Crippen molar-refractivity contribution in [3.63, 3.8) is 0 Å². The van der Waals surface area contributed by atoms with Gasteiger partial charge in [-0.2, -0.15) is 0 Å². The van der Waals surface area contributed by atoms with Gasteiger partial charge in [-0.25, -0.2) is 18.7 Å². The third-order valence-electron chi connectivity index (χ3n) is 3.82. The van der Waals surface area contributed by atoms with E-state index in [0.29, 0.717) is 12.4 Å². The summed E-state index contributed by atoms with van der Waals surface area (Å²) in [4.78, 5) is 20.6. The summed E-state index contributed by atoms with van der Waals surface area (Å²) >= 11 is 0. The average molecular weight is 368 g/mol. The van der Waals surface area contributed by atoms with Crippen molar-refractivity contribution in [2.75, 3.05) is 5.32 Å². The predicted molar refractivity (Wildman–Crippen MR) is 98.8 cm³/mol. The van der Waals surface area contributed by atoms with Crippen LogP contribution in [-0.2, 0) is 6.54 Å². The molecular formula is C20H18F2N4O. The lowest BCUT2D eigenvalue weighted by molar-refractivity contribution is 0.0945. The van der Waals surface area contributed by atoms with E-state index in [4.69, 9.17) is 0 Å². The number of nitrogens with zero attached hydrogens (tertiary/aromatic N) is 2. The fourth-order valence-corrected chi connectivity index (χ4v) is 2.59. The van der Waals surface area contributed by atoms with Gasteiger partial charge in [-0.05, 0) is 31.5 Å². The predicted octanol–water partition coefficient (Wildman–Crippen LogP) is 4.05. The van der Waals surface area contributed by atoms with Crippen molar-refractivity contribution in [3.05, 3.63) is 82.8 Å². The maximum absolute atomic E-state index is 13.8. The van der Waals surface area contributed by atoms with E-state index >= 15 is 0 Å². The van der Waals surface area contributed by atoms with Crippen LogP contribution in [0.2, 0.25) is 0 Å². The van der Waals surface area contributed by atoms with E-state index in [-0.39, 0.29) is 17.2 Å². The first-order valence-corrected chi connectivity index (χ1v) is 8.33. The minimum atomic E-state index is -0.753. The van der Waals surface area contributed by atoms with Crippen molar-refractivity contribution in [3.8, 4) is 0 Å². The molecule has 0 atom stereocenters. The van der Waals surface area contributed by atoms with Crippen molar-refractivity contribution in [1.82, 2.24) is 15.3 Å². The monoisotopic (exact) mass is 368 g/mol. The molecule has 3 rings (SSSR count). The van der Waals surface area contributed by atoms with E-state index in [1.807, 2.05) is 31.2 Å². The molecule has 1 heterocycles. The van der Waals surface area contributed by atoms with Crippen LogP contribution < -0.4 is 10.6 Å². The van der Waals surface area contributed by atoms with Crippen LogP contribution in [0.15, 0.2) is 48.5 Å². The highest BCUT2D eigenvalue weighted by Gasteiger charge is 2.13. The van der Waals surface area contributed by atoms with Gasteiger partial charge in [-0.15, -0.1) is 0 Å². The van der Waals surface area contributed by atoms with Gasteiger partial charge >= 0.3 is 0 Å². The van der Waals surface area contributed by atoms with E-state index in [1.165, 1.54) is 12.1 Å². The number of hydrogen-bond donors (Lipinski definition) is 2. The molecule has 138 valence electrons. The van der Waals surface area contributed by atoms with Crippen LogP contribution in [0.5, 0.6) is 0 Å². The summed E-state index contributed by atoms with van der Waals surface area (Å²) in [6, 6.07) is 12.7. The van der Waals surface area contributed by atoms with Crippen LogP contribution in [0.1, 0.15) is 27.4 Å². The molecule has 3 aromatic rings. The van der Waals surface area contributed by atoms with Gasteiger partial charge in [-0.3, -0.25) is 4.79 Å². The molecule has 0 saturated carbocycles. The van der Waals surface area contributed by atoms with Gasteiger partial charge in [0.25, 0.3) is 5.91 Å². The van der Waals surface area contributed by atoms with E-state index in [9.17, 15) is 13.6 Å². The van der Waals surface area contributed by atoms with Crippen LogP contribution in [0.4, 0.5) is 20.3 Å². The number of rotatable bonds is 5. The number of aryl methyl sites for hydroxylation is 2. The van der Waals surface area contributed by atoms with Crippen molar-refractivity contribution < 1.29 is 13.6 Å². The van der Waals surface area contributed by atoms with Gasteiger partial charge in [0.15, 0.2) is 0 Å². The second kappa shape index (κ2) is 7.90. The number of benzene rings is 2. The molecule has 0 bridgehead atoms. The molecule has 0 unspecified atom stereocenters. The minimum absolute atomic E-state index is 0.106. The number of anilines is 2. The molecule has 1 amide bonds. The molecule has 0 aliphatic carbocycles. The zero-order valence-electron chi connectivity index (χ0n) is 14.9. The molecule has 2 aromatic carbocycles. The Kier molecular flexibility index (Phi) is 5.40. The lowest BCUT2D eigenvalue weighted by Crippen LogP contribution is -2.24. The van der Waals surface area contributed by atoms with Crippen molar-refractivity contribution in [2.24, 2.45) is 0 Å². The molecule has 7 heteroatoms. The van der Waals surface area contributed by atoms with Gasteiger partial charge in [0.05, 0.1) is 0 Å². The van der Waals surface area contributed by atoms with Gasteiger partial charge < -0.3 is 10.6 Å². The molecule has 1 aromatic heterocycles. The van der Waals surface area contributed by atoms with Crippen molar-refractivity contribution in [2.45, 2.75) is 20.4 Å². The average Bonchev–Trinajstić information content (AvgIpc) is 2.62. The standard InChI is InChI=1S/C20H18F2N4O/c1-12-5-3-6-14(9-12)11-23-20(27)17-10-18(25-13(2)24-17)26-19-15(21)7-4-8-16(19)22/h3-10H,11H2,1-2H3,(H,23,27)(H,24,25,26). The molecule has 0 aliphatic rings. The summed E-state index contributed by atoms with van der Waals surface area (Å²) in [5.41, 5.74) is 1.83. The number of aromatic nitrogens is 2. The highest BCUT2D eigenvalue weighted by Crippen LogP contribution is 2.22. The van der Waals surface area contributed by atoms with Crippen LogP contribution >= 0.6 is 0 Å². The van der Waals surface area contributed by atoms with Crippen LogP contribution in [0.25, 0.3) is 0 Å². The highest BCUT2D eigenvalue weighted by molar-refractivity contribution is 5.93. The minimum Gasteiger partial charge on any atom is -0.347 e. The molecule has 27 heavy (non-hydrogen) atoms. The van der Waals surface area contributed by atoms with Gasteiger partial charge in [0.2, 0.25) is 0 Å². The normalized spacial score (nSPS) is 10.5.